The van der Waals surface area contributed by atoms with Crippen LogP contribution in [0.25, 0.3) is 0 Å². The molecule has 1 fully saturated rings. The zero-order valence-corrected chi connectivity index (χ0v) is 13.6. The van der Waals surface area contributed by atoms with Crippen molar-refractivity contribution in [3.63, 3.8) is 0 Å². The van der Waals surface area contributed by atoms with E-state index in [9.17, 15) is 10.5 Å². The Kier molecular flexibility index (Phi) is 3.09. The second kappa shape index (κ2) is 4.53. The van der Waals surface area contributed by atoms with Gasteiger partial charge < -0.3 is 9.47 Å². The number of benzene rings is 1. The molecule has 6 nitrogen and oxygen atoms in total. The molecule has 3 rings (SSSR count). The molecule has 1 saturated carbocycles. The van der Waals surface area contributed by atoms with E-state index >= 15 is 0 Å². The van der Waals surface area contributed by atoms with E-state index in [1.165, 1.54) is 14.2 Å². The van der Waals surface area contributed by atoms with Crippen molar-refractivity contribution >= 4 is 21.8 Å². The van der Waals surface area contributed by atoms with E-state index in [0.29, 0.717) is 0 Å². The first kappa shape index (κ1) is 15.0. The van der Waals surface area contributed by atoms with E-state index in [4.69, 9.17) is 15.2 Å². The lowest BCUT2D eigenvalue weighted by atomic mass is 9.93. The molecule has 3 atom stereocenters. The molecule has 1 heterocycles. The van der Waals surface area contributed by atoms with Gasteiger partial charge in [0.15, 0.2) is 10.8 Å². The molecule has 0 aromatic heterocycles. The lowest BCUT2D eigenvalue weighted by Gasteiger charge is -2.26. The number of methoxy groups -OCH3 is 2. The molecule has 0 bridgehead atoms. The first-order valence-corrected chi connectivity index (χ1v) is 7.38. The van der Waals surface area contributed by atoms with E-state index in [1.54, 1.807) is 0 Å². The third-order valence-corrected chi connectivity index (χ3v) is 5.31. The van der Waals surface area contributed by atoms with Crippen molar-refractivity contribution in [3.05, 3.63) is 34.3 Å². The fraction of sp³-hybridized carbons (Fsp3) is 0.400. The molecular formula is C15H14BrN4O2+. The maximum absolute atomic E-state index is 9.89. The van der Waals surface area contributed by atoms with E-state index in [0.717, 1.165) is 10.0 Å². The molecule has 1 aliphatic carbocycles. The summed E-state index contributed by atoms with van der Waals surface area (Å²) in [5.74, 6) is -1.67. The lowest BCUT2D eigenvalue weighted by Crippen LogP contribution is -2.90. The summed E-state index contributed by atoms with van der Waals surface area (Å²) in [6, 6.07) is 11.9. The minimum absolute atomic E-state index is 0.202. The molecule has 22 heavy (non-hydrogen) atoms. The molecule has 0 radical (unpaired) electrons. The van der Waals surface area contributed by atoms with Gasteiger partial charge in [0.1, 0.15) is 0 Å². The van der Waals surface area contributed by atoms with Gasteiger partial charge in [-0.1, -0.05) is 28.1 Å². The molecule has 0 saturated heterocycles. The number of ether oxygens (including phenoxy) is 2. The van der Waals surface area contributed by atoms with Gasteiger partial charge in [-0.15, -0.1) is 0 Å². The van der Waals surface area contributed by atoms with Gasteiger partial charge in [-0.2, -0.15) is 10.5 Å². The second-order valence-corrected chi connectivity index (χ2v) is 6.30. The van der Waals surface area contributed by atoms with Crippen LogP contribution < -0.4 is 10.7 Å². The normalized spacial score (nSPS) is 34.2. The highest BCUT2D eigenvalue weighted by Crippen LogP contribution is 2.78. The zero-order valence-electron chi connectivity index (χ0n) is 12.1. The van der Waals surface area contributed by atoms with E-state index in [1.807, 2.05) is 24.3 Å². The average Bonchev–Trinajstić information content (AvgIpc) is 3.11. The number of amidine groups is 1. The Bertz CT molecular complexity index is 744. The largest absolute Gasteiger partial charge is 0.342 e. The summed E-state index contributed by atoms with van der Waals surface area (Å²) in [5.41, 5.74) is 4.50. The van der Waals surface area contributed by atoms with Crippen molar-refractivity contribution in [2.45, 2.75) is 11.8 Å². The summed E-state index contributed by atoms with van der Waals surface area (Å²) in [6.07, 6.45) is 0. The fourth-order valence-corrected chi connectivity index (χ4v) is 4.03. The van der Waals surface area contributed by atoms with Crippen LogP contribution in [0.2, 0.25) is 0 Å². The number of hydrogen-bond acceptors (Lipinski definition) is 5. The third kappa shape index (κ3) is 1.32. The van der Waals surface area contributed by atoms with E-state index in [-0.39, 0.29) is 5.84 Å². The van der Waals surface area contributed by atoms with Gasteiger partial charge in [0.2, 0.25) is 0 Å². The Morgan fingerprint density at radius 1 is 1.18 bits per heavy atom. The second-order valence-electron chi connectivity index (χ2n) is 5.39. The minimum atomic E-state index is -1.45. The molecule has 3 N–H and O–H groups in total. The molecule has 2 aliphatic rings. The molecule has 0 unspecified atom stereocenters. The molecular weight excluding hydrogens is 348 g/mol. The first-order valence-electron chi connectivity index (χ1n) is 6.59. The van der Waals surface area contributed by atoms with E-state index in [2.05, 4.69) is 33.1 Å². The smallest absolute Gasteiger partial charge is 0.317 e. The lowest BCUT2D eigenvalue weighted by molar-refractivity contribution is -0.687. The predicted octanol–water partition coefficient (Wildman–Crippen LogP) is -0.0357. The van der Waals surface area contributed by atoms with Gasteiger partial charge in [-0.25, -0.2) is 4.99 Å². The summed E-state index contributed by atoms with van der Waals surface area (Å²) < 4.78 is 11.8. The van der Waals surface area contributed by atoms with Gasteiger partial charge in [0, 0.05) is 24.6 Å². The number of nitrogens with two attached hydrogens (primary N) is 1. The molecule has 112 valence electrons. The van der Waals surface area contributed by atoms with Crippen LogP contribution in [0.15, 0.2) is 28.7 Å². The highest BCUT2D eigenvalue weighted by atomic mass is 79.9. The number of rotatable bonds is 3. The molecule has 1 aromatic carbocycles. The monoisotopic (exact) mass is 361 g/mol. The highest BCUT2D eigenvalue weighted by molar-refractivity contribution is 9.10. The van der Waals surface area contributed by atoms with Crippen LogP contribution in [0.1, 0.15) is 11.5 Å². The number of halogens is 1. The third-order valence-electron chi connectivity index (χ3n) is 4.78. The molecule has 0 amide bonds. The zero-order chi connectivity index (χ0) is 16.2. The Hall–Kier alpha value is -1.93. The van der Waals surface area contributed by atoms with Gasteiger partial charge in [-0.3, -0.25) is 5.73 Å². The van der Waals surface area contributed by atoms with Gasteiger partial charge in [0.25, 0.3) is 5.84 Å². The van der Waals surface area contributed by atoms with E-state index < -0.39 is 22.7 Å². The maximum Gasteiger partial charge on any atom is 0.342 e. The van der Waals surface area contributed by atoms with Crippen molar-refractivity contribution in [1.82, 2.24) is 0 Å². The standard InChI is InChI=1S/C15H13BrN4O2/c1-21-15(22-2)14(8-18)11(9-3-5-10(16)6-4-9)13(14,7-17)12(19)20-15/h3-6,11H,1-2H3,(H2,19,20)/p+1/t11-,13+,14+/m0/s1. The summed E-state index contributed by atoms with van der Waals surface area (Å²) in [5, 5.41) is 19.7. The SMILES string of the molecule is COC1(OC)[NH+]=C(N)[C@@]2(C#N)[C@H](c3ccc(Br)cc3)[C@@]12C#N. The fourth-order valence-electron chi connectivity index (χ4n) is 3.77. The van der Waals surface area contributed by atoms with Crippen molar-refractivity contribution in [2.75, 3.05) is 14.2 Å². The first-order chi connectivity index (χ1) is 10.5. The maximum atomic E-state index is 9.89. The number of hydrogen-bond donors (Lipinski definition) is 2. The summed E-state index contributed by atoms with van der Waals surface area (Å²) in [6.45, 7) is 0. The van der Waals surface area contributed by atoms with Crippen LogP contribution in [0.5, 0.6) is 0 Å². The van der Waals surface area contributed by atoms with Crippen LogP contribution in [0, 0.1) is 33.5 Å². The Labute approximate surface area is 136 Å². The molecule has 7 heteroatoms. The summed E-state index contributed by atoms with van der Waals surface area (Å²) >= 11 is 3.38. The van der Waals surface area contributed by atoms with Gasteiger partial charge in [-0.05, 0) is 17.7 Å². The topological polar surface area (TPSA) is 106 Å². The molecule has 1 aromatic rings. The number of fused-ring (bicyclic) bond motifs is 1. The summed E-state index contributed by atoms with van der Waals surface area (Å²) in [7, 11) is 2.85. The van der Waals surface area contributed by atoms with Crippen LogP contribution in [-0.2, 0) is 9.47 Å². The van der Waals surface area contributed by atoms with Crippen LogP contribution in [0.4, 0.5) is 0 Å². The number of nitrogens with zero attached hydrogens (tertiary/aromatic N) is 2. The van der Waals surface area contributed by atoms with Crippen molar-refractivity contribution in [2.24, 2.45) is 16.6 Å². The quantitative estimate of drug-likeness (QED) is 0.735. The molecule has 0 spiro atoms. The minimum Gasteiger partial charge on any atom is -0.317 e. The summed E-state index contributed by atoms with van der Waals surface area (Å²) in [4.78, 5) is 2.86. The predicted molar refractivity (Wildman–Crippen MR) is 79.9 cm³/mol. The van der Waals surface area contributed by atoms with Crippen molar-refractivity contribution in [1.29, 1.82) is 10.5 Å². The van der Waals surface area contributed by atoms with Gasteiger partial charge >= 0.3 is 5.91 Å². The van der Waals surface area contributed by atoms with Crippen molar-refractivity contribution in [3.8, 4) is 12.1 Å². The van der Waals surface area contributed by atoms with Crippen LogP contribution >= 0.6 is 15.9 Å². The average molecular weight is 362 g/mol. The molecule has 1 aliphatic heterocycles. The van der Waals surface area contributed by atoms with Gasteiger partial charge in [0.05, 0.1) is 12.1 Å². The van der Waals surface area contributed by atoms with Crippen LogP contribution in [0.3, 0.4) is 0 Å². The number of nitrogens with one attached hydrogen (secondary N) is 1. The number of nitriles is 2. The van der Waals surface area contributed by atoms with Crippen molar-refractivity contribution < 1.29 is 14.5 Å². The highest BCUT2D eigenvalue weighted by Gasteiger charge is 2.96. The Balaban J connectivity index is 2.23. The van der Waals surface area contributed by atoms with Crippen LogP contribution in [-0.4, -0.2) is 26.0 Å². The Morgan fingerprint density at radius 3 is 2.23 bits per heavy atom. The Morgan fingerprint density at radius 2 is 1.77 bits per heavy atom.